The van der Waals surface area contributed by atoms with E-state index in [1.54, 1.807) is 0 Å². The molecular formula is C14H25NO4. The molecule has 0 bridgehead atoms. The third-order valence-corrected chi connectivity index (χ3v) is 4.02. The zero-order valence-corrected chi connectivity index (χ0v) is 11.9. The maximum Gasteiger partial charge on any atom is 0.322 e. The van der Waals surface area contributed by atoms with Crippen LogP contribution in [0.1, 0.15) is 39.5 Å². The summed E-state index contributed by atoms with van der Waals surface area (Å²) >= 11 is 0. The van der Waals surface area contributed by atoms with E-state index in [4.69, 9.17) is 14.2 Å². The quantitative estimate of drug-likeness (QED) is 0.780. The second-order valence-corrected chi connectivity index (χ2v) is 5.47. The van der Waals surface area contributed by atoms with Crippen molar-refractivity contribution in [3.05, 3.63) is 0 Å². The topological polar surface area (TPSA) is 56.8 Å². The van der Waals surface area contributed by atoms with Crippen LogP contribution in [0.25, 0.3) is 0 Å². The van der Waals surface area contributed by atoms with Gasteiger partial charge in [-0.25, -0.2) is 0 Å². The molecule has 110 valence electrons. The molecule has 0 radical (unpaired) electrons. The van der Waals surface area contributed by atoms with Crippen molar-refractivity contribution < 1.29 is 19.0 Å². The first-order chi connectivity index (χ1) is 9.15. The predicted molar refractivity (Wildman–Crippen MR) is 71.0 cm³/mol. The van der Waals surface area contributed by atoms with Crippen LogP contribution in [-0.2, 0) is 19.0 Å². The Labute approximate surface area is 115 Å². The van der Waals surface area contributed by atoms with E-state index in [0.29, 0.717) is 12.6 Å². The summed E-state index contributed by atoms with van der Waals surface area (Å²) in [5.41, 5.74) is -0.0391. The Bertz CT molecular complexity index is 296. The lowest BCUT2D eigenvalue weighted by Crippen LogP contribution is -2.52. The van der Waals surface area contributed by atoms with Crippen molar-refractivity contribution in [2.24, 2.45) is 0 Å². The highest BCUT2D eigenvalue weighted by atomic mass is 16.5. The van der Waals surface area contributed by atoms with Crippen LogP contribution in [0.3, 0.4) is 0 Å². The van der Waals surface area contributed by atoms with Gasteiger partial charge in [-0.05, 0) is 39.5 Å². The van der Waals surface area contributed by atoms with Crippen molar-refractivity contribution >= 4 is 5.97 Å². The van der Waals surface area contributed by atoms with Gasteiger partial charge in [0, 0.05) is 25.9 Å². The molecule has 2 atom stereocenters. The van der Waals surface area contributed by atoms with Crippen molar-refractivity contribution in [2.75, 3.05) is 26.4 Å². The fourth-order valence-corrected chi connectivity index (χ4v) is 2.95. The fourth-order valence-electron chi connectivity index (χ4n) is 2.95. The Hall–Kier alpha value is -0.650. The largest absolute Gasteiger partial charge is 0.465 e. The second kappa shape index (κ2) is 6.68. The zero-order valence-electron chi connectivity index (χ0n) is 11.9. The highest BCUT2D eigenvalue weighted by Gasteiger charge is 2.39. The van der Waals surface area contributed by atoms with Gasteiger partial charge in [0.25, 0.3) is 0 Å². The lowest BCUT2D eigenvalue weighted by molar-refractivity contribution is -0.150. The molecular weight excluding hydrogens is 246 g/mol. The molecule has 0 saturated carbocycles. The van der Waals surface area contributed by atoms with Gasteiger partial charge in [0.05, 0.1) is 12.2 Å². The van der Waals surface area contributed by atoms with E-state index in [-0.39, 0.29) is 17.6 Å². The van der Waals surface area contributed by atoms with Crippen LogP contribution >= 0.6 is 0 Å². The van der Waals surface area contributed by atoms with E-state index in [1.165, 1.54) is 0 Å². The molecule has 19 heavy (non-hydrogen) atoms. The number of carbonyl (C=O) groups is 1. The van der Waals surface area contributed by atoms with Gasteiger partial charge in [-0.1, -0.05) is 0 Å². The molecule has 2 heterocycles. The number of ether oxygens (including phenoxy) is 3. The van der Waals surface area contributed by atoms with E-state index < -0.39 is 0 Å². The fraction of sp³-hybridized carbons (Fsp3) is 0.929. The Morgan fingerprint density at radius 2 is 2.16 bits per heavy atom. The van der Waals surface area contributed by atoms with Gasteiger partial charge in [0.2, 0.25) is 0 Å². The van der Waals surface area contributed by atoms with Crippen molar-refractivity contribution in [1.82, 2.24) is 5.32 Å². The van der Waals surface area contributed by atoms with E-state index >= 15 is 0 Å². The molecule has 1 spiro atoms. The lowest BCUT2D eigenvalue weighted by atomic mass is 9.84. The second-order valence-electron chi connectivity index (χ2n) is 5.47. The Kier molecular flexibility index (Phi) is 5.19. The van der Waals surface area contributed by atoms with Gasteiger partial charge in [-0.3, -0.25) is 4.79 Å². The lowest BCUT2D eigenvalue weighted by Gasteiger charge is -2.44. The first-order valence-corrected chi connectivity index (χ1v) is 7.29. The van der Waals surface area contributed by atoms with Crippen LogP contribution in [0.15, 0.2) is 0 Å². The molecule has 2 aliphatic rings. The van der Waals surface area contributed by atoms with Crippen molar-refractivity contribution in [1.29, 1.82) is 0 Å². The first kappa shape index (κ1) is 14.8. The SMILES string of the molecule is CCOC(=O)C(C)NC1CCOC2(CCOCC2)C1. The standard InChI is InChI=1S/C14H25NO4/c1-3-18-13(16)11(2)15-12-4-7-19-14(10-12)5-8-17-9-6-14/h11-12,15H,3-10H2,1-2H3. The molecule has 2 aliphatic heterocycles. The number of hydrogen-bond acceptors (Lipinski definition) is 5. The van der Waals surface area contributed by atoms with Crippen LogP contribution in [0, 0.1) is 0 Å². The molecule has 2 unspecified atom stereocenters. The smallest absolute Gasteiger partial charge is 0.322 e. The minimum absolute atomic E-state index is 0.0391. The molecule has 0 aromatic rings. The molecule has 5 heteroatoms. The van der Waals surface area contributed by atoms with Gasteiger partial charge < -0.3 is 19.5 Å². The number of esters is 1. The van der Waals surface area contributed by atoms with Crippen molar-refractivity contribution in [3.63, 3.8) is 0 Å². The van der Waals surface area contributed by atoms with Gasteiger partial charge in [-0.2, -0.15) is 0 Å². The van der Waals surface area contributed by atoms with E-state index in [1.807, 2.05) is 13.8 Å². The van der Waals surface area contributed by atoms with Crippen molar-refractivity contribution in [2.45, 2.75) is 57.2 Å². The Morgan fingerprint density at radius 1 is 1.42 bits per heavy atom. The third kappa shape index (κ3) is 3.91. The van der Waals surface area contributed by atoms with Gasteiger partial charge in [-0.15, -0.1) is 0 Å². The van der Waals surface area contributed by atoms with Crippen molar-refractivity contribution in [3.8, 4) is 0 Å². The summed E-state index contributed by atoms with van der Waals surface area (Å²) < 4.78 is 16.4. The highest BCUT2D eigenvalue weighted by molar-refractivity contribution is 5.75. The van der Waals surface area contributed by atoms with E-state index in [2.05, 4.69) is 5.32 Å². The molecule has 0 amide bonds. The number of nitrogens with one attached hydrogen (secondary N) is 1. The van der Waals surface area contributed by atoms with Crippen LogP contribution in [0.5, 0.6) is 0 Å². The molecule has 2 saturated heterocycles. The average Bonchev–Trinajstić information content (AvgIpc) is 2.40. The van der Waals surface area contributed by atoms with E-state index in [9.17, 15) is 4.79 Å². The predicted octanol–water partition coefficient (Wildman–Crippen LogP) is 1.26. The molecule has 0 aliphatic carbocycles. The van der Waals surface area contributed by atoms with Crippen LogP contribution in [0.2, 0.25) is 0 Å². The molecule has 0 aromatic heterocycles. The average molecular weight is 271 g/mol. The summed E-state index contributed by atoms with van der Waals surface area (Å²) in [5.74, 6) is -0.171. The summed E-state index contributed by atoms with van der Waals surface area (Å²) in [6.45, 7) is 6.44. The monoisotopic (exact) mass is 271 g/mol. The molecule has 1 N–H and O–H groups in total. The summed E-state index contributed by atoms with van der Waals surface area (Å²) in [5, 5.41) is 3.38. The van der Waals surface area contributed by atoms with Crippen LogP contribution in [0.4, 0.5) is 0 Å². The minimum atomic E-state index is -0.250. The van der Waals surface area contributed by atoms with Crippen LogP contribution in [-0.4, -0.2) is 50.1 Å². The Balaban J connectivity index is 1.85. The maximum atomic E-state index is 11.6. The first-order valence-electron chi connectivity index (χ1n) is 7.29. The highest BCUT2D eigenvalue weighted by Crippen LogP contribution is 2.34. The maximum absolute atomic E-state index is 11.6. The molecule has 2 rings (SSSR count). The molecule has 5 nitrogen and oxygen atoms in total. The van der Waals surface area contributed by atoms with Gasteiger partial charge in [0.15, 0.2) is 0 Å². The number of hydrogen-bond donors (Lipinski definition) is 1. The van der Waals surface area contributed by atoms with Gasteiger partial charge in [0.1, 0.15) is 6.04 Å². The summed E-state index contributed by atoms with van der Waals surface area (Å²) in [6.07, 6.45) is 3.82. The molecule has 2 fully saturated rings. The van der Waals surface area contributed by atoms with Gasteiger partial charge >= 0.3 is 5.97 Å². The third-order valence-electron chi connectivity index (χ3n) is 4.02. The zero-order chi connectivity index (χ0) is 13.7. The normalized spacial score (nSPS) is 28.0. The number of carbonyl (C=O) groups excluding carboxylic acids is 1. The van der Waals surface area contributed by atoms with Crippen LogP contribution < -0.4 is 5.32 Å². The summed E-state index contributed by atoms with van der Waals surface area (Å²) in [7, 11) is 0. The van der Waals surface area contributed by atoms with E-state index in [0.717, 1.165) is 45.5 Å². The summed E-state index contributed by atoms with van der Waals surface area (Å²) in [6, 6.07) is 0.0752. The minimum Gasteiger partial charge on any atom is -0.465 e. The Morgan fingerprint density at radius 3 is 2.84 bits per heavy atom. The number of rotatable bonds is 4. The molecule has 0 aromatic carbocycles. The summed E-state index contributed by atoms with van der Waals surface area (Å²) in [4.78, 5) is 11.6.